The van der Waals surface area contributed by atoms with Crippen molar-refractivity contribution in [1.29, 1.82) is 0 Å². The lowest BCUT2D eigenvalue weighted by Gasteiger charge is -2.22. The lowest BCUT2D eigenvalue weighted by Crippen LogP contribution is -2.25. The van der Waals surface area contributed by atoms with Crippen molar-refractivity contribution in [2.24, 2.45) is 5.10 Å². The van der Waals surface area contributed by atoms with Crippen LogP contribution in [0.4, 0.5) is 21.9 Å². The van der Waals surface area contributed by atoms with E-state index in [0.717, 1.165) is 18.8 Å². The van der Waals surface area contributed by atoms with Gasteiger partial charge in [0.25, 0.3) is 5.69 Å². The second-order valence-electron chi connectivity index (χ2n) is 5.36. The number of rotatable bonds is 7. The van der Waals surface area contributed by atoms with E-state index in [1.807, 2.05) is 19.9 Å². The minimum atomic E-state index is -0.498. The highest BCUT2D eigenvalue weighted by molar-refractivity contribution is 5.92. The topological polar surface area (TPSA) is 99.9 Å². The van der Waals surface area contributed by atoms with Gasteiger partial charge in [-0.2, -0.15) is 5.10 Å². The van der Waals surface area contributed by atoms with E-state index in [9.17, 15) is 14.9 Å². The molecule has 0 aliphatic carbocycles. The van der Waals surface area contributed by atoms with Crippen LogP contribution >= 0.6 is 0 Å². The number of urea groups is 1. The van der Waals surface area contributed by atoms with Crippen LogP contribution in [0, 0.1) is 10.1 Å². The average Bonchev–Trinajstić information content (AvgIpc) is 2.64. The Labute approximate surface area is 151 Å². The van der Waals surface area contributed by atoms with Crippen molar-refractivity contribution in [3.63, 3.8) is 0 Å². The van der Waals surface area contributed by atoms with E-state index < -0.39 is 11.0 Å². The third kappa shape index (κ3) is 5.04. The standard InChI is InChI=1S/C18H21N5O3/c1-3-22(4-2)17-11-10-16(23(25)26)12-14(17)13-19-21-18(24)20-15-8-6-5-7-9-15/h5-13H,3-4H2,1-2H3,(H2,20,21,24)/b19-13+. The van der Waals surface area contributed by atoms with E-state index in [2.05, 4.69) is 20.7 Å². The van der Waals surface area contributed by atoms with Crippen LogP contribution in [0.15, 0.2) is 53.6 Å². The highest BCUT2D eigenvalue weighted by Gasteiger charge is 2.13. The largest absolute Gasteiger partial charge is 0.372 e. The molecule has 0 radical (unpaired) electrons. The van der Waals surface area contributed by atoms with Crippen molar-refractivity contribution in [3.8, 4) is 0 Å². The number of nitro groups is 1. The number of nitro benzene ring substituents is 1. The number of para-hydroxylation sites is 1. The molecule has 0 saturated heterocycles. The first kappa shape index (κ1) is 18.9. The summed E-state index contributed by atoms with van der Waals surface area (Å²) in [5.41, 5.74) is 4.34. The molecule has 2 amide bonds. The Morgan fingerprint density at radius 2 is 1.88 bits per heavy atom. The third-order valence-electron chi connectivity index (χ3n) is 3.73. The lowest BCUT2D eigenvalue weighted by molar-refractivity contribution is -0.384. The maximum atomic E-state index is 11.9. The SMILES string of the molecule is CCN(CC)c1ccc([N+](=O)[O-])cc1/C=N/NC(=O)Nc1ccccc1. The molecule has 2 N–H and O–H groups in total. The number of hydrogen-bond donors (Lipinski definition) is 2. The van der Waals surface area contributed by atoms with Crippen LogP contribution in [-0.4, -0.2) is 30.3 Å². The Morgan fingerprint density at radius 3 is 2.50 bits per heavy atom. The van der Waals surface area contributed by atoms with Crippen molar-refractivity contribution in [1.82, 2.24) is 5.43 Å². The molecule has 0 bridgehead atoms. The summed E-state index contributed by atoms with van der Waals surface area (Å²) in [5, 5.41) is 17.6. The van der Waals surface area contributed by atoms with Gasteiger partial charge in [-0.05, 0) is 32.0 Å². The van der Waals surface area contributed by atoms with Crippen molar-refractivity contribution in [3.05, 3.63) is 64.2 Å². The van der Waals surface area contributed by atoms with Crippen LogP contribution in [-0.2, 0) is 0 Å². The summed E-state index contributed by atoms with van der Waals surface area (Å²) in [7, 11) is 0. The van der Waals surface area contributed by atoms with E-state index in [1.165, 1.54) is 18.3 Å². The molecule has 2 aromatic rings. The number of carbonyl (C=O) groups excluding carboxylic acids is 1. The number of non-ortho nitro benzene ring substituents is 1. The fourth-order valence-electron chi connectivity index (χ4n) is 2.45. The van der Waals surface area contributed by atoms with E-state index in [0.29, 0.717) is 11.3 Å². The number of hydrazone groups is 1. The lowest BCUT2D eigenvalue weighted by atomic mass is 10.1. The molecule has 26 heavy (non-hydrogen) atoms. The van der Waals surface area contributed by atoms with Crippen molar-refractivity contribution < 1.29 is 9.72 Å². The van der Waals surface area contributed by atoms with Gasteiger partial charge in [0.15, 0.2) is 0 Å². The zero-order valence-electron chi connectivity index (χ0n) is 14.7. The number of nitrogens with one attached hydrogen (secondary N) is 2. The second kappa shape index (κ2) is 9.16. The van der Waals surface area contributed by atoms with Crippen LogP contribution in [0.2, 0.25) is 0 Å². The molecule has 2 aromatic carbocycles. The quantitative estimate of drug-likeness (QED) is 0.450. The predicted molar refractivity (Wildman–Crippen MR) is 103 cm³/mol. The molecule has 8 nitrogen and oxygen atoms in total. The van der Waals surface area contributed by atoms with Crippen molar-refractivity contribution >= 4 is 29.3 Å². The molecule has 0 aliphatic rings. The molecule has 0 heterocycles. The van der Waals surface area contributed by atoms with Crippen LogP contribution in [0.25, 0.3) is 0 Å². The minimum absolute atomic E-state index is 0.0314. The van der Waals surface area contributed by atoms with Crippen LogP contribution < -0.4 is 15.6 Å². The van der Waals surface area contributed by atoms with Gasteiger partial charge in [0.1, 0.15) is 0 Å². The molecule has 0 aliphatic heterocycles. The van der Waals surface area contributed by atoms with Crippen LogP contribution in [0.1, 0.15) is 19.4 Å². The molecule has 8 heteroatoms. The number of carbonyl (C=O) groups is 1. The van der Waals surface area contributed by atoms with Crippen LogP contribution in [0.3, 0.4) is 0 Å². The number of amides is 2. The summed E-state index contributed by atoms with van der Waals surface area (Å²) in [6, 6.07) is 13.0. The molecule has 2 rings (SSSR count). The average molecular weight is 355 g/mol. The monoisotopic (exact) mass is 355 g/mol. The maximum Gasteiger partial charge on any atom is 0.339 e. The number of nitrogens with zero attached hydrogens (tertiary/aromatic N) is 3. The van der Waals surface area contributed by atoms with Gasteiger partial charge < -0.3 is 10.2 Å². The Morgan fingerprint density at radius 1 is 1.19 bits per heavy atom. The summed E-state index contributed by atoms with van der Waals surface area (Å²) in [6.45, 7) is 5.49. The smallest absolute Gasteiger partial charge is 0.339 e. The number of benzene rings is 2. The van der Waals surface area contributed by atoms with Crippen molar-refractivity contribution in [2.45, 2.75) is 13.8 Å². The Hall–Kier alpha value is -3.42. The van der Waals surface area contributed by atoms with Gasteiger partial charge in [-0.1, -0.05) is 18.2 Å². The molecule has 0 unspecified atom stereocenters. The summed E-state index contributed by atoms with van der Waals surface area (Å²) >= 11 is 0. The van der Waals surface area contributed by atoms with E-state index >= 15 is 0 Å². The highest BCUT2D eigenvalue weighted by Crippen LogP contribution is 2.24. The molecule has 0 spiro atoms. The summed E-state index contributed by atoms with van der Waals surface area (Å²) in [5.74, 6) is 0. The molecule has 0 fully saturated rings. The molecular formula is C18H21N5O3. The van der Waals surface area contributed by atoms with Gasteiger partial charge >= 0.3 is 6.03 Å². The number of anilines is 2. The van der Waals surface area contributed by atoms with Crippen molar-refractivity contribution in [2.75, 3.05) is 23.3 Å². The third-order valence-corrected chi connectivity index (χ3v) is 3.73. The van der Waals surface area contributed by atoms with Gasteiger partial charge in [-0.3, -0.25) is 10.1 Å². The summed E-state index contributed by atoms with van der Waals surface area (Å²) in [6.07, 6.45) is 1.41. The minimum Gasteiger partial charge on any atom is -0.372 e. The fraction of sp³-hybridized carbons (Fsp3) is 0.222. The van der Waals surface area contributed by atoms with Crippen LogP contribution in [0.5, 0.6) is 0 Å². The van der Waals surface area contributed by atoms with Gasteiger partial charge in [0.05, 0.1) is 11.1 Å². The van der Waals surface area contributed by atoms with Gasteiger partial charge in [0, 0.05) is 42.2 Å². The Kier molecular flexibility index (Phi) is 6.67. The molecule has 0 aromatic heterocycles. The summed E-state index contributed by atoms with van der Waals surface area (Å²) < 4.78 is 0. The first-order valence-corrected chi connectivity index (χ1v) is 8.23. The molecular weight excluding hydrogens is 334 g/mol. The predicted octanol–water partition coefficient (Wildman–Crippen LogP) is 3.60. The normalized spacial score (nSPS) is 10.5. The van der Waals surface area contributed by atoms with Gasteiger partial charge in [0.2, 0.25) is 0 Å². The zero-order chi connectivity index (χ0) is 18.9. The van der Waals surface area contributed by atoms with E-state index in [1.54, 1.807) is 30.3 Å². The Bertz CT molecular complexity index is 789. The fourth-order valence-corrected chi connectivity index (χ4v) is 2.45. The maximum absolute atomic E-state index is 11.9. The van der Waals surface area contributed by atoms with Gasteiger partial charge in [-0.25, -0.2) is 10.2 Å². The second-order valence-corrected chi connectivity index (χ2v) is 5.36. The molecule has 0 atom stereocenters. The zero-order valence-corrected chi connectivity index (χ0v) is 14.7. The molecule has 0 saturated carbocycles. The Balaban J connectivity index is 2.15. The highest BCUT2D eigenvalue weighted by atomic mass is 16.6. The first-order valence-electron chi connectivity index (χ1n) is 8.23. The van der Waals surface area contributed by atoms with E-state index in [-0.39, 0.29) is 5.69 Å². The molecule has 136 valence electrons. The first-order chi connectivity index (χ1) is 12.5. The summed E-state index contributed by atoms with van der Waals surface area (Å²) in [4.78, 5) is 24.5. The number of hydrogen-bond acceptors (Lipinski definition) is 5. The van der Waals surface area contributed by atoms with E-state index in [4.69, 9.17) is 0 Å². The van der Waals surface area contributed by atoms with Gasteiger partial charge in [-0.15, -0.1) is 0 Å².